The molecule has 0 aliphatic heterocycles. The van der Waals surface area contributed by atoms with Crippen molar-refractivity contribution in [3.05, 3.63) is 105 Å². The zero-order chi connectivity index (χ0) is 31.7. The lowest BCUT2D eigenvalue weighted by Crippen LogP contribution is -2.41. The van der Waals surface area contributed by atoms with E-state index in [1.807, 2.05) is 6.92 Å². The number of pyridine rings is 1. The van der Waals surface area contributed by atoms with Crippen LogP contribution in [0.3, 0.4) is 0 Å². The molecular formula is C32H30F2N6O5. The molecule has 1 saturated carbocycles. The number of nitrogens with zero attached hydrogens (tertiary/aromatic N) is 4. The Hall–Kier alpha value is -5.17. The summed E-state index contributed by atoms with van der Waals surface area (Å²) in [7, 11) is 1.59. The standard InChI is InChI=1S/C32H30F2N6O5/c1-18(17-44-2)36-30-28-27(11-12-35-29(28)37-38-30)45-26-10-5-20(13-24(26)34)14-25(41)23-16-39(15-19-3-4-19)32(43)40(31(23)42)22-8-6-21(33)7-9-22/h5-13,16,18-19H,3-4,14-15,17H2,1-2H3,(H2,35,36,37,38)/t18-/m0/s1. The number of Topliss-reactive ketones (excluding diaryl/α,β-unsaturated/α-hetero) is 1. The molecule has 5 aromatic rings. The van der Waals surface area contributed by atoms with E-state index >= 15 is 4.39 Å². The van der Waals surface area contributed by atoms with Gasteiger partial charge in [-0.3, -0.25) is 19.3 Å². The lowest BCUT2D eigenvalue weighted by molar-refractivity contribution is 0.0990. The Morgan fingerprint density at radius 2 is 1.89 bits per heavy atom. The number of aromatic amines is 1. The van der Waals surface area contributed by atoms with Crippen LogP contribution in [0.4, 0.5) is 14.6 Å². The molecule has 0 saturated heterocycles. The molecule has 2 N–H and O–H groups in total. The van der Waals surface area contributed by atoms with Crippen LogP contribution in [0.25, 0.3) is 16.7 Å². The van der Waals surface area contributed by atoms with Crippen molar-refractivity contribution in [3.63, 3.8) is 0 Å². The van der Waals surface area contributed by atoms with Gasteiger partial charge >= 0.3 is 5.69 Å². The van der Waals surface area contributed by atoms with E-state index in [9.17, 15) is 18.8 Å². The largest absolute Gasteiger partial charge is 0.453 e. The van der Waals surface area contributed by atoms with Gasteiger partial charge in [-0.2, -0.15) is 5.10 Å². The number of aromatic nitrogens is 5. The molecule has 1 aliphatic carbocycles. The van der Waals surface area contributed by atoms with E-state index in [-0.39, 0.29) is 35.4 Å². The molecule has 11 nitrogen and oxygen atoms in total. The van der Waals surface area contributed by atoms with E-state index in [4.69, 9.17) is 9.47 Å². The minimum absolute atomic E-state index is 0.0732. The molecule has 6 rings (SSSR count). The number of nitrogens with one attached hydrogen (secondary N) is 2. The summed E-state index contributed by atoms with van der Waals surface area (Å²) in [6.45, 7) is 2.70. The highest BCUT2D eigenvalue weighted by Crippen LogP contribution is 2.34. The first-order valence-corrected chi connectivity index (χ1v) is 14.4. The van der Waals surface area contributed by atoms with E-state index in [0.717, 1.165) is 29.5 Å². The van der Waals surface area contributed by atoms with Crippen LogP contribution in [-0.4, -0.2) is 49.9 Å². The number of halogens is 2. The average Bonchev–Trinajstić information content (AvgIpc) is 3.74. The van der Waals surface area contributed by atoms with Crippen LogP contribution >= 0.6 is 0 Å². The van der Waals surface area contributed by atoms with Gasteiger partial charge in [0, 0.05) is 44.6 Å². The number of H-pyrrole nitrogens is 1. The first-order valence-electron chi connectivity index (χ1n) is 14.4. The number of carbonyl (C=O) groups excluding carboxylic acids is 1. The lowest BCUT2D eigenvalue weighted by Gasteiger charge is -2.14. The smallest absolute Gasteiger partial charge is 0.335 e. The van der Waals surface area contributed by atoms with Gasteiger partial charge in [0.15, 0.2) is 28.8 Å². The Bertz CT molecular complexity index is 2000. The van der Waals surface area contributed by atoms with Gasteiger partial charge in [-0.25, -0.2) is 23.1 Å². The van der Waals surface area contributed by atoms with Crippen LogP contribution in [0.5, 0.6) is 11.5 Å². The fraction of sp³-hybridized carbons (Fsp3) is 0.281. The third-order valence-corrected chi connectivity index (χ3v) is 7.50. The third-order valence-electron chi connectivity index (χ3n) is 7.50. The molecule has 3 heterocycles. The monoisotopic (exact) mass is 616 g/mol. The molecule has 1 aliphatic rings. The molecule has 45 heavy (non-hydrogen) atoms. The number of carbonyl (C=O) groups is 1. The van der Waals surface area contributed by atoms with Crippen molar-refractivity contribution in [2.24, 2.45) is 5.92 Å². The Kier molecular flexibility index (Phi) is 8.26. The van der Waals surface area contributed by atoms with Gasteiger partial charge in [-0.1, -0.05) is 6.07 Å². The number of fused-ring (bicyclic) bond motifs is 1. The highest BCUT2D eigenvalue weighted by Gasteiger charge is 2.25. The SMILES string of the molecule is COC[C@H](C)Nc1n[nH]c2nccc(Oc3ccc(CC(=O)c4cn(CC5CC5)c(=O)n(-c5ccc(F)cc5)c4=O)cc3F)c12. The van der Waals surface area contributed by atoms with Crippen LogP contribution in [0, 0.1) is 17.6 Å². The highest BCUT2D eigenvalue weighted by atomic mass is 19.1. The van der Waals surface area contributed by atoms with Gasteiger partial charge in [-0.15, -0.1) is 0 Å². The molecule has 0 radical (unpaired) electrons. The second-order valence-corrected chi connectivity index (χ2v) is 11.1. The van der Waals surface area contributed by atoms with Crippen molar-refractivity contribution in [1.29, 1.82) is 0 Å². The summed E-state index contributed by atoms with van der Waals surface area (Å²) in [5, 5.41) is 10.8. The maximum atomic E-state index is 15.3. The number of ether oxygens (including phenoxy) is 2. The molecule has 232 valence electrons. The van der Waals surface area contributed by atoms with E-state index in [1.54, 1.807) is 13.2 Å². The Morgan fingerprint density at radius 3 is 2.60 bits per heavy atom. The second-order valence-electron chi connectivity index (χ2n) is 11.1. The van der Waals surface area contributed by atoms with Gasteiger partial charge < -0.3 is 14.8 Å². The van der Waals surface area contributed by atoms with Crippen molar-refractivity contribution in [2.75, 3.05) is 19.0 Å². The van der Waals surface area contributed by atoms with Crippen molar-refractivity contribution in [3.8, 4) is 17.2 Å². The molecule has 0 bridgehead atoms. The third kappa shape index (κ3) is 6.38. The van der Waals surface area contributed by atoms with Crippen LogP contribution < -0.4 is 21.3 Å². The van der Waals surface area contributed by atoms with Gasteiger partial charge in [-0.05, 0) is 67.6 Å². The van der Waals surface area contributed by atoms with Crippen molar-refractivity contribution < 1.29 is 23.0 Å². The Labute approximate surface area is 255 Å². The molecule has 13 heteroatoms. The zero-order valence-corrected chi connectivity index (χ0v) is 24.5. The molecule has 0 unspecified atom stereocenters. The number of ketones is 1. The summed E-state index contributed by atoms with van der Waals surface area (Å²) >= 11 is 0. The van der Waals surface area contributed by atoms with Gasteiger partial charge in [0.25, 0.3) is 5.56 Å². The topological polar surface area (TPSA) is 133 Å². The quantitative estimate of drug-likeness (QED) is 0.194. The average molecular weight is 617 g/mol. The first kappa shape index (κ1) is 29.9. The van der Waals surface area contributed by atoms with E-state index in [0.29, 0.717) is 41.3 Å². The number of anilines is 1. The first-order chi connectivity index (χ1) is 21.7. The predicted octanol–water partition coefficient (Wildman–Crippen LogP) is 4.62. The maximum absolute atomic E-state index is 15.3. The number of hydrogen-bond donors (Lipinski definition) is 2. The minimum Gasteiger partial charge on any atom is -0.453 e. The summed E-state index contributed by atoms with van der Waals surface area (Å²) < 4.78 is 42.2. The van der Waals surface area contributed by atoms with Gasteiger partial charge in [0.1, 0.15) is 22.5 Å². The summed E-state index contributed by atoms with van der Waals surface area (Å²) in [5.74, 6) is -0.888. The molecule has 0 spiro atoms. The van der Waals surface area contributed by atoms with Crippen molar-refractivity contribution in [2.45, 2.75) is 38.8 Å². The van der Waals surface area contributed by atoms with Crippen molar-refractivity contribution >= 4 is 22.6 Å². The molecule has 3 aromatic heterocycles. The number of methoxy groups -OCH3 is 1. The molecule has 1 fully saturated rings. The summed E-state index contributed by atoms with van der Waals surface area (Å²) in [6, 6.07) is 10.5. The fourth-order valence-electron chi connectivity index (χ4n) is 5.09. The second kappa shape index (κ2) is 12.4. The van der Waals surface area contributed by atoms with Crippen LogP contribution in [0.1, 0.15) is 35.7 Å². The molecule has 2 aromatic carbocycles. The lowest BCUT2D eigenvalue weighted by atomic mass is 10.0. The number of benzene rings is 2. The normalized spacial score (nSPS) is 13.6. The Balaban J connectivity index is 1.27. The van der Waals surface area contributed by atoms with Gasteiger partial charge in [0.05, 0.1) is 12.3 Å². The van der Waals surface area contributed by atoms with Crippen LogP contribution in [-0.2, 0) is 17.7 Å². The van der Waals surface area contributed by atoms with E-state index in [2.05, 4.69) is 20.5 Å². The van der Waals surface area contributed by atoms with Crippen molar-refractivity contribution in [1.82, 2.24) is 24.3 Å². The summed E-state index contributed by atoms with van der Waals surface area (Å²) in [4.78, 5) is 44.3. The van der Waals surface area contributed by atoms with Crippen LogP contribution in [0.15, 0.2) is 70.5 Å². The van der Waals surface area contributed by atoms with E-state index < -0.39 is 28.7 Å². The van der Waals surface area contributed by atoms with E-state index in [1.165, 1.54) is 47.3 Å². The highest BCUT2D eigenvalue weighted by molar-refractivity contribution is 5.97. The summed E-state index contributed by atoms with van der Waals surface area (Å²) in [5.41, 5.74) is -0.769. The molecule has 1 atom stereocenters. The zero-order valence-electron chi connectivity index (χ0n) is 24.5. The van der Waals surface area contributed by atoms with Gasteiger partial charge in [0.2, 0.25) is 0 Å². The fourth-order valence-corrected chi connectivity index (χ4v) is 5.09. The molecular weight excluding hydrogens is 586 g/mol. The molecule has 0 amide bonds. The van der Waals surface area contributed by atoms with Crippen LogP contribution in [0.2, 0.25) is 0 Å². The Morgan fingerprint density at radius 1 is 1.11 bits per heavy atom. The summed E-state index contributed by atoms with van der Waals surface area (Å²) in [6.07, 6.45) is 4.36. The minimum atomic E-state index is -0.824. The number of rotatable bonds is 12. The number of hydrogen-bond acceptors (Lipinski definition) is 8. The maximum Gasteiger partial charge on any atom is 0.335 e. The predicted molar refractivity (Wildman–Crippen MR) is 162 cm³/mol.